The van der Waals surface area contributed by atoms with E-state index in [0.29, 0.717) is 5.92 Å². The molecule has 0 saturated heterocycles. The van der Waals surface area contributed by atoms with Gasteiger partial charge in [-0.05, 0) is 12.8 Å². The van der Waals surface area contributed by atoms with Crippen LogP contribution < -0.4 is 0 Å². The lowest BCUT2D eigenvalue weighted by Crippen LogP contribution is -1.85. The highest BCUT2D eigenvalue weighted by Crippen LogP contribution is 1.99. The molecule has 14 heavy (non-hydrogen) atoms. The molecule has 3 nitrogen and oxygen atoms in total. The first-order valence-electron chi connectivity index (χ1n) is 5.02. The molecule has 0 aliphatic rings. The van der Waals surface area contributed by atoms with Gasteiger partial charge < -0.3 is 0 Å². The first-order chi connectivity index (χ1) is 6.68. The molecule has 0 fully saturated rings. The van der Waals surface area contributed by atoms with E-state index in [1.807, 2.05) is 13.2 Å². The third-order valence-electron chi connectivity index (χ3n) is 1.78. The topological polar surface area (TPSA) is 30.7 Å². The number of hydrogen-bond acceptors (Lipinski definition) is 2. The van der Waals surface area contributed by atoms with Crippen LogP contribution in [0.2, 0.25) is 0 Å². The number of unbranched alkanes of at least 4 members (excludes halogenated alkanes) is 1. The van der Waals surface area contributed by atoms with Gasteiger partial charge in [-0.1, -0.05) is 19.1 Å². The Morgan fingerprint density at radius 1 is 1.50 bits per heavy atom. The van der Waals surface area contributed by atoms with Crippen molar-refractivity contribution in [3.63, 3.8) is 0 Å². The molecule has 1 aromatic rings. The summed E-state index contributed by atoms with van der Waals surface area (Å²) in [5, 5.41) is 7.89. The molecule has 0 saturated carbocycles. The first-order valence-corrected chi connectivity index (χ1v) is 5.02. The molecule has 0 aliphatic carbocycles. The second kappa shape index (κ2) is 5.43. The summed E-state index contributed by atoms with van der Waals surface area (Å²) in [6.07, 6.45) is 4.95. The Labute approximate surface area is 85.5 Å². The third-order valence-corrected chi connectivity index (χ3v) is 1.78. The molecule has 3 heteroatoms. The Morgan fingerprint density at radius 2 is 2.29 bits per heavy atom. The smallest absolute Gasteiger partial charge is 0.0827 e. The van der Waals surface area contributed by atoms with Gasteiger partial charge >= 0.3 is 0 Å². The Bertz CT molecular complexity index is 328. The van der Waals surface area contributed by atoms with Crippen molar-refractivity contribution in [3.8, 4) is 11.8 Å². The fourth-order valence-electron chi connectivity index (χ4n) is 1.14. The molecule has 0 spiro atoms. The molecule has 0 bridgehead atoms. The van der Waals surface area contributed by atoms with Gasteiger partial charge in [0.25, 0.3) is 0 Å². The van der Waals surface area contributed by atoms with Crippen LogP contribution in [0.25, 0.3) is 0 Å². The van der Waals surface area contributed by atoms with E-state index >= 15 is 0 Å². The van der Waals surface area contributed by atoms with Gasteiger partial charge in [0.15, 0.2) is 0 Å². The lowest BCUT2D eigenvalue weighted by molar-refractivity contribution is 0.712. The van der Waals surface area contributed by atoms with E-state index in [-0.39, 0.29) is 0 Å². The van der Waals surface area contributed by atoms with Gasteiger partial charge in [0.05, 0.1) is 5.69 Å². The largest absolute Gasteiger partial charge is 0.255 e. The molecule has 76 valence electrons. The summed E-state index contributed by atoms with van der Waals surface area (Å²) in [5.74, 6) is 6.78. The van der Waals surface area contributed by atoms with Crippen LogP contribution in [-0.4, -0.2) is 15.0 Å². The van der Waals surface area contributed by atoms with Crippen LogP contribution in [0.3, 0.4) is 0 Å². The van der Waals surface area contributed by atoms with Crippen molar-refractivity contribution in [2.75, 3.05) is 0 Å². The normalized spacial score (nSPS) is 10.0. The molecule has 1 aromatic heterocycles. The maximum absolute atomic E-state index is 4.01. The SMILES string of the molecule is CC(C)C#CCCCc1cn(C)nn1. The zero-order valence-corrected chi connectivity index (χ0v) is 9.12. The highest BCUT2D eigenvalue weighted by atomic mass is 15.4. The molecule has 0 amide bonds. The van der Waals surface area contributed by atoms with Crippen molar-refractivity contribution in [2.24, 2.45) is 13.0 Å². The van der Waals surface area contributed by atoms with Crippen LogP contribution in [0.1, 0.15) is 32.4 Å². The number of nitrogens with zero attached hydrogens (tertiary/aromatic N) is 3. The molecule has 0 radical (unpaired) electrons. The zero-order chi connectivity index (χ0) is 10.4. The van der Waals surface area contributed by atoms with Crippen molar-refractivity contribution in [1.82, 2.24) is 15.0 Å². The highest BCUT2D eigenvalue weighted by molar-refractivity contribution is 5.02. The summed E-state index contributed by atoms with van der Waals surface area (Å²) in [6.45, 7) is 4.21. The van der Waals surface area contributed by atoms with Crippen molar-refractivity contribution >= 4 is 0 Å². The molecular formula is C11H17N3. The van der Waals surface area contributed by atoms with Crippen LogP contribution in [-0.2, 0) is 13.5 Å². The van der Waals surface area contributed by atoms with Crippen molar-refractivity contribution < 1.29 is 0 Å². The number of hydrogen-bond donors (Lipinski definition) is 0. The lowest BCUT2D eigenvalue weighted by Gasteiger charge is -1.91. The van der Waals surface area contributed by atoms with Gasteiger partial charge in [0.2, 0.25) is 0 Å². The zero-order valence-electron chi connectivity index (χ0n) is 9.12. The number of aryl methyl sites for hydroxylation is 2. The average Bonchev–Trinajstić information content (AvgIpc) is 2.50. The van der Waals surface area contributed by atoms with E-state index in [1.165, 1.54) is 0 Å². The molecular weight excluding hydrogens is 174 g/mol. The predicted molar refractivity (Wildman–Crippen MR) is 56.6 cm³/mol. The van der Waals surface area contributed by atoms with E-state index in [4.69, 9.17) is 0 Å². The van der Waals surface area contributed by atoms with Crippen LogP contribution in [0.4, 0.5) is 0 Å². The van der Waals surface area contributed by atoms with E-state index in [2.05, 4.69) is 36.0 Å². The Balaban J connectivity index is 2.20. The van der Waals surface area contributed by atoms with Crippen molar-refractivity contribution in [3.05, 3.63) is 11.9 Å². The van der Waals surface area contributed by atoms with Crippen LogP contribution in [0.5, 0.6) is 0 Å². The highest BCUT2D eigenvalue weighted by Gasteiger charge is 1.96. The molecule has 0 aliphatic heterocycles. The second-order valence-corrected chi connectivity index (χ2v) is 3.71. The maximum atomic E-state index is 4.01. The Hall–Kier alpha value is -1.30. The molecule has 0 N–H and O–H groups in total. The Kier molecular flexibility index (Phi) is 4.18. The Morgan fingerprint density at radius 3 is 2.86 bits per heavy atom. The summed E-state index contributed by atoms with van der Waals surface area (Å²) in [6, 6.07) is 0. The van der Waals surface area contributed by atoms with Gasteiger partial charge in [-0.2, -0.15) is 0 Å². The first kappa shape index (κ1) is 10.8. The fourth-order valence-corrected chi connectivity index (χ4v) is 1.14. The van der Waals surface area contributed by atoms with Gasteiger partial charge in [-0.25, -0.2) is 0 Å². The van der Waals surface area contributed by atoms with E-state index in [1.54, 1.807) is 4.68 Å². The molecule has 1 rings (SSSR count). The minimum absolute atomic E-state index is 0.478. The lowest BCUT2D eigenvalue weighted by atomic mass is 10.2. The molecule has 1 heterocycles. The minimum atomic E-state index is 0.478. The van der Waals surface area contributed by atoms with Crippen LogP contribution >= 0.6 is 0 Å². The standard InChI is InChI=1S/C11H17N3/c1-10(2)7-5-4-6-8-11-9-14(3)13-12-11/h9-10H,4,6,8H2,1-3H3. The molecule has 0 unspecified atom stereocenters. The monoisotopic (exact) mass is 191 g/mol. The number of rotatable bonds is 3. The predicted octanol–water partition coefficient (Wildman–Crippen LogP) is 1.80. The van der Waals surface area contributed by atoms with Crippen molar-refractivity contribution in [2.45, 2.75) is 33.1 Å². The van der Waals surface area contributed by atoms with E-state index in [0.717, 1.165) is 25.0 Å². The fraction of sp³-hybridized carbons (Fsp3) is 0.636. The summed E-state index contributed by atoms with van der Waals surface area (Å²) in [5.41, 5.74) is 1.05. The summed E-state index contributed by atoms with van der Waals surface area (Å²) in [4.78, 5) is 0. The van der Waals surface area contributed by atoms with Crippen molar-refractivity contribution in [1.29, 1.82) is 0 Å². The second-order valence-electron chi connectivity index (χ2n) is 3.71. The average molecular weight is 191 g/mol. The minimum Gasteiger partial charge on any atom is -0.255 e. The molecule has 0 aromatic carbocycles. The van der Waals surface area contributed by atoms with Gasteiger partial charge in [0, 0.05) is 25.6 Å². The van der Waals surface area contributed by atoms with Crippen LogP contribution in [0, 0.1) is 17.8 Å². The summed E-state index contributed by atoms with van der Waals surface area (Å²) in [7, 11) is 1.88. The van der Waals surface area contributed by atoms with E-state index < -0.39 is 0 Å². The number of aromatic nitrogens is 3. The maximum Gasteiger partial charge on any atom is 0.0827 e. The molecule has 0 atom stereocenters. The van der Waals surface area contributed by atoms with Crippen LogP contribution in [0.15, 0.2) is 6.20 Å². The summed E-state index contributed by atoms with van der Waals surface area (Å²) < 4.78 is 1.73. The third kappa shape index (κ3) is 4.08. The quantitative estimate of drug-likeness (QED) is 0.539. The van der Waals surface area contributed by atoms with Gasteiger partial charge in [-0.15, -0.1) is 16.9 Å². The van der Waals surface area contributed by atoms with Gasteiger partial charge in [-0.3, -0.25) is 4.68 Å². The summed E-state index contributed by atoms with van der Waals surface area (Å²) >= 11 is 0. The van der Waals surface area contributed by atoms with Gasteiger partial charge in [0.1, 0.15) is 0 Å². The van der Waals surface area contributed by atoms with E-state index in [9.17, 15) is 0 Å².